The molecule has 0 aliphatic heterocycles. The number of nitrogens with one attached hydrogen (secondary N) is 2. The van der Waals surface area contributed by atoms with Crippen LogP contribution in [0, 0.1) is 0 Å². The fourth-order valence-electron chi connectivity index (χ4n) is 4.00. The number of carboxylic acids is 1. The smallest absolute Gasteiger partial charge is 0.413 e. The molecular formula is C25H19N3O6S. The first-order chi connectivity index (χ1) is 17.0. The van der Waals surface area contributed by atoms with Gasteiger partial charge >= 0.3 is 12.1 Å². The first-order valence-electron chi connectivity index (χ1n) is 10.7. The molecule has 10 heteroatoms. The summed E-state index contributed by atoms with van der Waals surface area (Å²) in [4.78, 5) is 39.9. The summed E-state index contributed by atoms with van der Waals surface area (Å²) in [6.45, 7) is 0.180. The number of thiazole rings is 1. The number of carbonyl (C=O) groups is 3. The van der Waals surface area contributed by atoms with Crippen LogP contribution in [0.2, 0.25) is 0 Å². The third-order valence-electron chi connectivity index (χ3n) is 5.58. The number of aromatic nitrogens is 1. The Morgan fingerprint density at radius 1 is 1.00 bits per heavy atom. The molecule has 1 aliphatic rings. The second kappa shape index (κ2) is 9.43. The third kappa shape index (κ3) is 4.64. The van der Waals surface area contributed by atoms with Gasteiger partial charge in [0.25, 0.3) is 5.91 Å². The van der Waals surface area contributed by atoms with E-state index < -0.39 is 18.0 Å². The van der Waals surface area contributed by atoms with Crippen molar-refractivity contribution in [3.8, 4) is 11.1 Å². The molecule has 0 radical (unpaired) electrons. The van der Waals surface area contributed by atoms with Crippen LogP contribution >= 0.6 is 11.3 Å². The van der Waals surface area contributed by atoms with E-state index in [2.05, 4.69) is 27.8 Å². The molecule has 176 valence electrons. The summed E-state index contributed by atoms with van der Waals surface area (Å²) in [6.07, 6.45) is 0.675. The maximum Gasteiger partial charge on any atom is 0.413 e. The van der Waals surface area contributed by atoms with Gasteiger partial charge in [-0.1, -0.05) is 59.9 Å². The number of fused-ring (bicyclic) bond motifs is 3. The summed E-state index contributed by atoms with van der Waals surface area (Å²) in [6, 6.07) is 18.9. The highest BCUT2D eigenvalue weighted by atomic mass is 32.1. The van der Waals surface area contributed by atoms with Gasteiger partial charge in [0, 0.05) is 5.92 Å². The lowest BCUT2D eigenvalue weighted by Gasteiger charge is -2.14. The predicted molar refractivity (Wildman–Crippen MR) is 128 cm³/mol. The summed E-state index contributed by atoms with van der Waals surface area (Å²) >= 11 is 0.990. The number of furan rings is 1. The lowest BCUT2D eigenvalue weighted by molar-refractivity contribution is 0.0660. The fraction of sp³-hybridized carbons (Fsp3) is 0.120. The average Bonchev–Trinajstić information content (AvgIpc) is 3.59. The highest BCUT2D eigenvalue weighted by molar-refractivity contribution is 7.17. The van der Waals surface area contributed by atoms with E-state index in [1.165, 1.54) is 18.3 Å². The zero-order valence-electron chi connectivity index (χ0n) is 18.2. The Kier molecular flexibility index (Phi) is 6.02. The van der Waals surface area contributed by atoms with Crippen LogP contribution in [0.3, 0.4) is 0 Å². The number of nitrogens with zero attached hydrogens (tertiary/aromatic N) is 1. The summed E-state index contributed by atoms with van der Waals surface area (Å²) in [7, 11) is 0. The van der Waals surface area contributed by atoms with Gasteiger partial charge in [-0.2, -0.15) is 0 Å². The number of anilines is 1. The third-order valence-corrected chi connectivity index (χ3v) is 6.49. The number of benzene rings is 2. The van der Waals surface area contributed by atoms with Gasteiger partial charge in [0.1, 0.15) is 17.2 Å². The number of hydrogen-bond donors (Lipinski definition) is 3. The number of carbonyl (C=O) groups excluding carboxylic acids is 2. The minimum absolute atomic E-state index is 0.0130. The minimum atomic E-state index is -1.19. The zero-order chi connectivity index (χ0) is 24.4. The summed E-state index contributed by atoms with van der Waals surface area (Å²) in [5, 5.41) is 14.3. The Balaban J connectivity index is 1.16. The van der Waals surface area contributed by atoms with Crippen LogP contribution in [-0.2, 0) is 11.3 Å². The Labute approximate surface area is 203 Å². The Morgan fingerprint density at radius 3 is 2.34 bits per heavy atom. The second-order valence-electron chi connectivity index (χ2n) is 7.73. The van der Waals surface area contributed by atoms with Crippen molar-refractivity contribution >= 4 is 34.4 Å². The van der Waals surface area contributed by atoms with Crippen molar-refractivity contribution in [2.45, 2.75) is 12.5 Å². The molecule has 3 N–H and O–H groups in total. The normalized spacial score (nSPS) is 12.0. The van der Waals surface area contributed by atoms with Gasteiger partial charge in [0.05, 0.1) is 12.7 Å². The number of amides is 2. The zero-order valence-corrected chi connectivity index (χ0v) is 19.0. The molecule has 0 atom stereocenters. The molecule has 0 bridgehead atoms. The molecule has 5 rings (SSSR count). The number of rotatable bonds is 7. The SMILES string of the molecule is O=C(Nc1ncc(C(=O)NCc2ccc(C(=O)O)o2)s1)OCC1c2ccccc2-c2ccccc21. The van der Waals surface area contributed by atoms with Crippen LogP contribution in [0.1, 0.15) is 43.0 Å². The molecule has 35 heavy (non-hydrogen) atoms. The molecule has 0 saturated carbocycles. The Bertz CT molecular complexity index is 1380. The van der Waals surface area contributed by atoms with Crippen molar-refractivity contribution < 1.29 is 28.6 Å². The quantitative estimate of drug-likeness (QED) is 0.342. The van der Waals surface area contributed by atoms with E-state index in [-0.39, 0.29) is 34.8 Å². The van der Waals surface area contributed by atoms with Gasteiger partial charge in [-0.3, -0.25) is 10.1 Å². The average molecular weight is 490 g/mol. The van der Waals surface area contributed by atoms with Crippen molar-refractivity contribution in [3.05, 3.63) is 94.4 Å². The number of carboxylic acid groups (broad SMARTS) is 1. The molecule has 2 heterocycles. The molecule has 2 aromatic carbocycles. The van der Waals surface area contributed by atoms with E-state index in [0.29, 0.717) is 5.76 Å². The number of aromatic carboxylic acids is 1. The summed E-state index contributed by atoms with van der Waals surface area (Å²) in [5.41, 5.74) is 4.51. The topological polar surface area (TPSA) is 131 Å². The molecular weight excluding hydrogens is 470 g/mol. The van der Waals surface area contributed by atoms with Crippen LogP contribution in [0.15, 0.2) is 71.3 Å². The molecule has 9 nitrogen and oxygen atoms in total. The second-order valence-corrected chi connectivity index (χ2v) is 8.76. The van der Waals surface area contributed by atoms with E-state index in [1.807, 2.05) is 36.4 Å². The van der Waals surface area contributed by atoms with E-state index in [4.69, 9.17) is 14.3 Å². The van der Waals surface area contributed by atoms with Gasteiger partial charge in [-0.25, -0.2) is 14.6 Å². The van der Waals surface area contributed by atoms with E-state index in [1.54, 1.807) is 0 Å². The van der Waals surface area contributed by atoms with Crippen LogP contribution in [0.4, 0.5) is 9.93 Å². The van der Waals surface area contributed by atoms with E-state index in [9.17, 15) is 14.4 Å². The first kappa shape index (κ1) is 22.4. The minimum Gasteiger partial charge on any atom is -0.475 e. The maximum absolute atomic E-state index is 12.4. The largest absolute Gasteiger partial charge is 0.475 e. The number of hydrogen-bond acceptors (Lipinski definition) is 7. The van der Waals surface area contributed by atoms with Crippen molar-refractivity contribution in [3.63, 3.8) is 0 Å². The lowest BCUT2D eigenvalue weighted by atomic mass is 9.98. The molecule has 0 spiro atoms. The van der Waals surface area contributed by atoms with Crippen molar-refractivity contribution in [1.82, 2.24) is 10.3 Å². The monoisotopic (exact) mass is 489 g/mol. The van der Waals surface area contributed by atoms with Crippen molar-refractivity contribution in [1.29, 1.82) is 0 Å². The van der Waals surface area contributed by atoms with Gasteiger partial charge in [0.15, 0.2) is 5.13 Å². The van der Waals surface area contributed by atoms with Crippen LogP contribution in [-0.4, -0.2) is 34.7 Å². The highest BCUT2D eigenvalue weighted by Crippen LogP contribution is 2.44. The molecule has 0 fully saturated rings. The van der Waals surface area contributed by atoms with Gasteiger partial charge in [-0.05, 0) is 34.4 Å². The molecule has 2 aromatic heterocycles. The van der Waals surface area contributed by atoms with Crippen LogP contribution in [0.5, 0.6) is 0 Å². The summed E-state index contributed by atoms with van der Waals surface area (Å²) in [5.74, 6) is -1.58. The molecule has 1 aliphatic carbocycles. The van der Waals surface area contributed by atoms with Gasteiger partial charge in [0.2, 0.25) is 5.76 Å². The van der Waals surface area contributed by atoms with Gasteiger partial charge < -0.3 is 19.6 Å². The fourth-order valence-corrected chi connectivity index (χ4v) is 4.72. The standard InChI is InChI=1S/C25H19N3O6S/c29-22(26-11-14-9-10-20(34-14)23(30)31)21-12-27-24(35-21)28-25(32)33-13-19-17-7-3-1-5-15(17)16-6-2-4-8-18(16)19/h1-10,12,19H,11,13H2,(H,26,29)(H,30,31)(H,27,28,32). The Morgan fingerprint density at radius 2 is 1.69 bits per heavy atom. The van der Waals surface area contributed by atoms with E-state index in [0.717, 1.165) is 33.6 Å². The summed E-state index contributed by atoms with van der Waals surface area (Å²) < 4.78 is 10.6. The Hall–Kier alpha value is -4.44. The van der Waals surface area contributed by atoms with Crippen LogP contribution < -0.4 is 10.6 Å². The van der Waals surface area contributed by atoms with Gasteiger partial charge in [-0.15, -0.1) is 0 Å². The molecule has 2 amide bonds. The van der Waals surface area contributed by atoms with Crippen molar-refractivity contribution in [2.24, 2.45) is 0 Å². The molecule has 0 saturated heterocycles. The first-order valence-corrected chi connectivity index (χ1v) is 11.5. The lowest BCUT2D eigenvalue weighted by Crippen LogP contribution is -2.21. The maximum atomic E-state index is 12.4. The molecule has 0 unspecified atom stereocenters. The van der Waals surface area contributed by atoms with E-state index >= 15 is 0 Å². The highest BCUT2D eigenvalue weighted by Gasteiger charge is 2.29. The van der Waals surface area contributed by atoms with Crippen LogP contribution in [0.25, 0.3) is 11.1 Å². The molecule has 4 aromatic rings. The van der Waals surface area contributed by atoms with Crippen molar-refractivity contribution in [2.75, 3.05) is 11.9 Å². The number of ether oxygens (including phenoxy) is 1. The predicted octanol–water partition coefficient (Wildman–Crippen LogP) is 4.73.